The molecule has 1 fully saturated rings. The summed E-state index contributed by atoms with van der Waals surface area (Å²) in [5, 5.41) is 7.20. The lowest BCUT2D eigenvalue weighted by Gasteiger charge is -2.41. The van der Waals surface area contributed by atoms with E-state index in [0.29, 0.717) is 13.1 Å². The summed E-state index contributed by atoms with van der Waals surface area (Å²) in [5.74, 6) is -0.396. The van der Waals surface area contributed by atoms with E-state index in [1.807, 2.05) is 4.90 Å². The van der Waals surface area contributed by atoms with Gasteiger partial charge in [-0.3, -0.25) is 0 Å². The first-order valence-corrected chi connectivity index (χ1v) is 7.32. The van der Waals surface area contributed by atoms with Crippen molar-refractivity contribution in [3.05, 3.63) is 17.5 Å². The highest BCUT2D eigenvalue weighted by atomic mass is 19.4. The van der Waals surface area contributed by atoms with Crippen molar-refractivity contribution in [3.63, 3.8) is 0 Å². The molecule has 0 unspecified atom stereocenters. The minimum absolute atomic E-state index is 0.158. The van der Waals surface area contributed by atoms with Crippen LogP contribution in [0.15, 0.2) is 16.1 Å². The third-order valence-corrected chi connectivity index (χ3v) is 4.08. The van der Waals surface area contributed by atoms with Crippen LogP contribution in [0.4, 0.5) is 19.2 Å². The molecule has 3 rings (SSSR count). The molecule has 2 aliphatic rings. The number of aromatic nitrogens is 2. The lowest BCUT2D eigenvalue weighted by molar-refractivity contribution is -0.130. The molecule has 8 heteroatoms. The van der Waals surface area contributed by atoms with E-state index >= 15 is 0 Å². The molecule has 1 spiro atoms. The van der Waals surface area contributed by atoms with Crippen molar-refractivity contribution in [1.82, 2.24) is 10.2 Å². The zero-order valence-corrected chi connectivity index (χ0v) is 12.3. The summed E-state index contributed by atoms with van der Waals surface area (Å²) in [6.07, 6.45) is -0.869. The fourth-order valence-corrected chi connectivity index (χ4v) is 2.96. The van der Waals surface area contributed by atoms with E-state index < -0.39 is 18.5 Å². The predicted octanol–water partition coefficient (Wildman–Crippen LogP) is 2.88. The summed E-state index contributed by atoms with van der Waals surface area (Å²) < 4.78 is 47.9. The Labute approximate surface area is 126 Å². The van der Waals surface area contributed by atoms with E-state index in [0.717, 1.165) is 25.9 Å². The zero-order chi connectivity index (χ0) is 15.8. The second kappa shape index (κ2) is 5.57. The van der Waals surface area contributed by atoms with Crippen molar-refractivity contribution in [3.8, 4) is 0 Å². The Bertz CT molecular complexity index is 560. The van der Waals surface area contributed by atoms with Crippen molar-refractivity contribution in [2.45, 2.75) is 44.4 Å². The van der Waals surface area contributed by atoms with Crippen molar-refractivity contribution in [2.75, 3.05) is 24.6 Å². The van der Waals surface area contributed by atoms with Crippen molar-refractivity contribution < 1.29 is 22.3 Å². The van der Waals surface area contributed by atoms with Gasteiger partial charge in [0.2, 0.25) is 5.89 Å². The molecule has 0 saturated carbocycles. The Morgan fingerprint density at radius 1 is 1.27 bits per heavy atom. The molecule has 0 atom stereocenters. The second-order valence-electron chi connectivity index (χ2n) is 5.91. The molecule has 2 aliphatic heterocycles. The van der Waals surface area contributed by atoms with Gasteiger partial charge in [0.15, 0.2) is 0 Å². The maximum absolute atomic E-state index is 12.3. The minimum atomic E-state index is -4.34. The van der Waals surface area contributed by atoms with Crippen LogP contribution in [0.2, 0.25) is 0 Å². The van der Waals surface area contributed by atoms with Crippen molar-refractivity contribution in [1.29, 1.82) is 0 Å². The van der Waals surface area contributed by atoms with Gasteiger partial charge in [-0.25, -0.2) is 0 Å². The van der Waals surface area contributed by atoms with Gasteiger partial charge in [0.25, 0.3) is 0 Å². The molecule has 0 aliphatic carbocycles. The van der Waals surface area contributed by atoms with E-state index in [9.17, 15) is 13.2 Å². The molecule has 3 heterocycles. The van der Waals surface area contributed by atoms with Crippen LogP contribution in [-0.4, -0.2) is 41.7 Å². The monoisotopic (exact) mass is 317 g/mol. The van der Waals surface area contributed by atoms with E-state index in [4.69, 9.17) is 9.15 Å². The average molecular weight is 317 g/mol. The number of rotatable bonds is 2. The van der Waals surface area contributed by atoms with Gasteiger partial charge < -0.3 is 14.1 Å². The first-order valence-electron chi connectivity index (χ1n) is 7.32. The van der Waals surface area contributed by atoms with Crippen LogP contribution < -0.4 is 4.90 Å². The molecule has 1 aromatic rings. The Hall–Kier alpha value is -1.57. The predicted molar refractivity (Wildman–Crippen MR) is 72.6 cm³/mol. The molecular formula is C14H18F3N3O2. The highest BCUT2D eigenvalue weighted by molar-refractivity contribution is 5.28. The molecule has 0 radical (unpaired) electrons. The Morgan fingerprint density at radius 2 is 2.00 bits per heavy atom. The number of ether oxygens (including phenoxy) is 1. The van der Waals surface area contributed by atoms with Gasteiger partial charge in [-0.2, -0.15) is 13.2 Å². The average Bonchev–Trinajstić information content (AvgIpc) is 2.85. The van der Waals surface area contributed by atoms with Crippen LogP contribution in [0.1, 0.15) is 32.1 Å². The van der Waals surface area contributed by atoms with Crippen LogP contribution >= 0.6 is 0 Å². The normalized spacial score (nSPS) is 22.0. The van der Waals surface area contributed by atoms with Crippen LogP contribution in [0.3, 0.4) is 0 Å². The maximum Gasteiger partial charge on any atom is 0.397 e. The fraction of sp³-hybridized carbons (Fsp3) is 0.714. The molecule has 0 aromatic carbocycles. The Kier molecular flexibility index (Phi) is 3.88. The molecular weight excluding hydrogens is 299 g/mol. The molecule has 122 valence electrons. The van der Waals surface area contributed by atoms with E-state index in [1.165, 1.54) is 5.57 Å². The van der Waals surface area contributed by atoms with Gasteiger partial charge in [0.1, 0.15) is 6.42 Å². The highest BCUT2D eigenvalue weighted by Crippen LogP contribution is 2.34. The van der Waals surface area contributed by atoms with E-state index in [2.05, 4.69) is 23.2 Å². The first kappa shape index (κ1) is 15.3. The molecule has 0 amide bonds. The molecule has 0 N–H and O–H groups in total. The summed E-state index contributed by atoms with van der Waals surface area (Å²) in [6, 6.07) is 0.158. The largest absolute Gasteiger partial charge is 0.408 e. The molecule has 0 bridgehead atoms. The smallest absolute Gasteiger partial charge is 0.397 e. The summed E-state index contributed by atoms with van der Waals surface area (Å²) in [6.45, 7) is 4.06. The lowest BCUT2D eigenvalue weighted by Crippen LogP contribution is -2.46. The zero-order valence-electron chi connectivity index (χ0n) is 12.3. The Balaban J connectivity index is 1.63. The summed E-state index contributed by atoms with van der Waals surface area (Å²) in [4.78, 5) is 1.82. The lowest BCUT2D eigenvalue weighted by atomic mass is 9.87. The minimum Gasteiger partial charge on any atom is -0.408 e. The van der Waals surface area contributed by atoms with Gasteiger partial charge in [-0.05, 0) is 26.2 Å². The number of nitrogens with zero attached hydrogens (tertiary/aromatic N) is 3. The number of anilines is 1. The topological polar surface area (TPSA) is 51.4 Å². The molecule has 5 nitrogen and oxygen atoms in total. The Morgan fingerprint density at radius 3 is 2.64 bits per heavy atom. The SMILES string of the molecule is CC1=CC2(CCN(c3nnc(CC(F)(F)F)o3)CC2)OCC1. The van der Waals surface area contributed by atoms with Crippen molar-refractivity contribution in [2.24, 2.45) is 0 Å². The van der Waals surface area contributed by atoms with Crippen LogP contribution in [-0.2, 0) is 11.2 Å². The van der Waals surface area contributed by atoms with Crippen LogP contribution in [0.5, 0.6) is 0 Å². The van der Waals surface area contributed by atoms with E-state index in [1.54, 1.807) is 0 Å². The highest BCUT2D eigenvalue weighted by Gasteiger charge is 2.37. The summed E-state index contributed by atoms with van der Waals surface area (Å²) in [7, 11) is 0. The van der Waals surface area contributed by atoms with Gasteiger partial charge in [0.05, 0.1) is 12.2 Å². The quantitative estimate of drug-likeness (QED) is 0.785. The van der Waals surface area contributed by atoms with Gasteiger partial charge >= 0.3 is 12.2 Å². The van der Waals surface area contributed by atoms with E-state index in [-0.39, 0.29) is 11.6 Å². The third kappa shape index (κ3) is 3.43. The molecule has 1 aromatic heterocycles. The summed E-state index contributed by atoms with van der Waals surface area (Å²) in [5.41, 5.74) is 1.08. The molecule has 22 heavy (non-hydrogen) atoms. The van der Waals surface area contributed by atoms with Gasteiger partial charge in [0, 0.05) is 13.1 Å². The second-order valence-corrected chi connectivity index (χ2v) is 5.91. The number of piperidine rings is 1. The van der Waals surface area contributed by atoms with Gasteiger partial charge in [-0.15, -0.1) is 5.10 Å². The standard InChI is InChI=1S/C14H18F3N3O2/c1-10-2-7-21-13(8-10)3-5-20(6-4-13)12-19-18-11(22-12)9-14(15,16)17/h8H,2-7,9H2,1H3. The van der Waals surface area contributed by atoms with Crippen LogP contribution in [0.25, 0.3) is 0 Å². The maximum atomic E-state index is 12.3. The fourth-order valence-electron chi connectivity index (χ4n) is 2.96. The summed E-state index contributed by atoms with van der Waals surface area (Å²) >= 11 is 0. The number of alkyl halides is 3. The van der Waals surface area contributed by atoms with Crippen LogP contribution in [0, 0.1) is 0 Å². The van der Waals surface area contributed by atoms with Crippen molar-refractivity contribution >= 4 is 6.01 Å². The van der Waals surface area contributed by atoms with Gasteiger partial charge in [-0.1, -0.05) is 16.7 Å². The number of hydrogen-bond acceptors (Lipinski definition) is 5. The number of hydrogen-bond donors (Lipinski definition) is 0. The number of halogens is 3. The molecule has 1 saturated heterocycles. The first-order chi connectivity index (χ1) is 10.4. The third-order valence-electron chi connectivity index (χ3n) is 4.08.